The summed E-state index contributed by atoms with van der Waals surface area (Å²) in [7, 11) is 0. The van der Waals surface area contributed by atoms with Crippen LogP contribution in [-0.2, 0) is 6.42 Å². The van der Waals surface area contributed by atoms with Gasteiger partial charge in [-0.25, -0.2) is 0 Å². The van der Waals surface area contributed by atoms with E-state index >= 15 is 0 Å². The monoisotopic (exact) mass is 210 g/mol. The Kier molecular flexibility index (Phi) is 9.90. The summed E-state index contributed by atoms with van der Waals surface area (Å²) >= 11 is 0. The van der Waals surface area contributed by atoms with Gasteiger partial charge in [0.2, 0.25) is 0 Å². The minimum atomic E-state index is 0. The van der Waals surface area contributed by atoms with Crippen LogP contribution in [-0.4, -0.2) is 42.8 Å². The second kappa shape index (κ2) is 7.99. The van der Waals surface area contributed by atoms with Gasteiger partial charge in [0.05, 0.1) is 0 Å². The molecular formula is C9H14CaOS. The number of phenolic OH excluding ortho intramolecular Hbond substituents is 1. The van der Waals surface area contributed by atoms with Crippen LogP contribution >= 0.6 is 13.5 Å². The van der Waals surface area contributed by atoms with E-state index in [1.54, 1.807) is 12.1 Å². The fraction of sp³-hybridized carbons (Fsp3) is 0.111. The summed E-state index contributed by atoms with van der Waals surface area (Å²) in [6.07, 6.45) is 2.50. The molecule has 0 aliphatic carbocycles. The summed E-state index contributed by atoms with van der Waals surface area (Å²) in [6, 6.07) is 7.27. The molecule has 1 aromatic carbocycles. The quantitative estimate of drug-likeness (QED) is 0.576. The van der Waals surface area contributed by atoms with Gasteiger partial charge < -0.3 is 5.11 Å². The molecule has 1 nitrogen and oxygen atoms in total. The number of benzene rings is 1. The van der Waals surface area contributed by atoms with E-state index < -0.39 is 0 Å². The van der Waals surface area contributed by atoms with Crippen molar-refractivity contribution in [2.24, 2.45) is 0 Å². The molecule has 0 saturated heterocycles. The predicted molar refractivity (Wildman–Crippen MR) is 60.9 cm³/mol. The second-order valence-corrected chi connectivity index (χ2v) is 2.12. The molecule has 1 rings (SSSR count). The van der Waals surface area contributed by atoms with E-state index in [0.29, 0.717) is 5.75 Å². The normalized spacial score (nSPS) is 7.67. The number of aromatic hydroxyl groups is 1. The topological polar surface area (TPSA) is 20.2 Å². The van der Waals surface area contributed by atoms with Gasteiger partial charge in [0.1, 0.15) is 5.75 Å². The Morgan fingerprint density at radius 2 is 1.92 bits per heavy atom. The molecule has 0 radical (unpaired) electrons. The van der Waals surface area contributed by atoms with Gasteiger partial charge in [-0.1, -0.05) is 24.3 Å². The van der Waals surface area contributed by atoms with Crippen molar-refractivity contribution >= 4 is 51.2 Å². The molecule has 12 heavy (non-hydrogen) atoms. The summed E-state index contributed by atoms with van der Waals surface area (Å²) in [5.41, 5.74) is 0.928. The van der Waals surface area contributed by atoms with Crippen molar-refractivity contribution in [3.8, 4) is 5.75 Å². The molecule has 64 valence electrons. The summed E-state index contributed by atoms with van der Waals surface area (Å²) in [5, 5.41) is 9.19. The van der Waals surface area contributed by atoms with Crippen LogP contribution in [0, 0.1) is 0 Å². The van der Waals surface area contributed by atoms with Crippen LogP contribution in [0.4, 0.5) is 0 Å². The van der Waals surface area contributed by atoms with E-state index in [2.05, 4.69) is 6.58 Å². The Bertz CT molecular complexity index is 238. The molecule has 1 aromatic rings. The summed E-state index contributed by atoms with van der Waals surface area (Å²) in [4.78, 5) is 0. The van der Waals surface area contributed by atoms with Crippen LogP contribution in [0.5, 0.6) is 5.75 Å². The van der Waals surface area contributed by atoms with Crippen LogP contribution in [0.3, 0.4) is 0 Å². The van der Waals surface area contributed by atoms with Crippen molar-refractivity contribution in [1.82, 2.24) is 0 Å². The number of para-hydroxylation sites is 1. The van der Waals surface area contributed by atoms with E-state index in [0.717, 1.165) is 12.0 Å². The Morgan fingerprint density at radius 3 is 2.42 bits per heavy atom. The molecule has 0 amide bonds. The molecular weight excluding hydrogens is 196 g/mol. The van der Waals surface area contributed by atoms with Gasteiger partial charge in [-0.05, 0) is 18.1 Å². The third-order valence-electron chi connectivity index (χ3n) is 1.36. The van der Waals surface area contributed by atoms with Gasteiger partial charge in [-0.15, -0.1) is 6.58 Å². The SMILES string of the molecule is C=CCc1ccccc1O.S.[CaH2]. The fourth-order valence-corrected chi connectivity index (χ4v) is 0.839. The van der Waals surface area contributed by atoms with Crippen LogP contribution in [0.25, 0.3) is 0 Å². The van der Waals surface area contributed by atoms with Crippen molar-refractivity contribution in [1.29, 1.82) is 0 Å². The molecule has 0 aliphatic rings. The molecule has 0 spiro atoms. The third-order valence-corrected chi connectivity index (χ3v) is 1.36. The van der Waals surface area contributed by atoms with Crippen molar-refractivity contribution in [3.63, 3.8) is 0 Å². The Balaban J connectivity index is 0. The van der Waals surface area contributed by atoms with Gasteiger partial charge in [0.25, 0.3) is 0 Å². The molecule has 0 aromatic heterocycles. The summed E-state index contributed by atoms with van der Waals surface area (Å²) in [6.45, 7) is 3.59. The van der Waals surface area contributed by atoms with E-state index in [1.165, 1.54) is 0 Å². The van der Waals surface area contributed by atoms with Gasteiger partial charge in [0.15, 0.2) is 0 Å². The average molecular weight is 210 g/mol. The predicted octanol–water partition coefficient (Wildman–Crippen LogP) is 1.32. The van der Waals surface area contributed by atoms with Gasteiger partial charge >= 0.3 is 37.7 Å². The van der Waals surface area contributed by atoms with E-state index in [4.69, 9.17) is 0 Å². The van der Waals surface area contributed by atoms with Crippen LogP contribution in [0.15, 0.2) is 36.9 Å². The summed E-state index contributed by atoms with van der Waals surface area (Å²) < 4.78 is 0. The van der Waals surface area contributed by atoms with Crippen molar-refractivity contribution in [3.05, 3.63) is 42.5 Å². The second-order valence-electron chi connectivity index (χ2n) is 2.12. The third kappa shape index (κ3) is 4.41. The molecule has 0 unspecified atom stereocenters. The zero-order valence-corrected chi connectivity index (χ0v) is 7.25. The average Bonchev–Trinajstić information content (AvgIpc) is 1.94. The Labute approximate surface area is 110 Å². The number of rotatable bonds is 2. The summed E-state index contributed by atoms with van der Waals surface area (Å²) in [5.74, 6) is 0.349. The molecule has 0 atom stereocenters. The maximum atomic E-state index is 9.19. The van der Waals surface area contributed by atoms with Crippen molar-refractivity contribution < 1.29 is 5.11 Å². The first-order chi connectivity index (χ1) is 4.84. The van der Waals surface area contributed by atoms with Crippen molar-refractivity contribution in [2.75, 3.05) is 0 Å². The van der Waals surface area contributed by atoms with E-state index in [1.807, 2.05) is 18.2 Å². The van der Waals surface area contributed by atoms with E-state index in [9.17, 15) is 5.11 Å². The van der Waals surface area contributed by atoms with Gasteiger partial charge in [0, 0.05) is 0 Å². The van der Waals surface area contributed by atoms with E-state index in [-0.39, 0.29) is 51.2 Å². The number of hydrogen-bond donors (Lipinski definition) is 1. The first-order valence-corrected chi connectivity index (χ1v) is 3.22. The zero-order valence-electron chi connectivity index (χ0n) is 6.25. The minimum absolute atomic E-state index is 0. The zero-order chi connectivity index (χ0) is 7.40. The van der Waals surface area contributed by atoms with Crippen LogP contribution < -0.4 is 0 Å². The molecule has 0 bridgehead atoms. The first-order valence-electron chi connectivity index (χ1n) is 3.22. The first kappa shape index (κ1) is 14.9. The van der Waals surface area contributed by atoms with Gasteiger partial charge in [-0.2, -0.15) is 13.5 Å². The van der Waals surface area contributed by atoms with Crippen LogP contribution in [0.1, 0.15) is 5.56 Å². The Morgan fingerprint density at radius 1 is 1.33 bits per heavy atom. The molecule has 0 fully saturated rings. The van der Waals surface area contributed by atoms with Crippen LogP contribution in [0.2, 0.25) is 0 Å². The fourth-order valence-electron chi connectivity index (χ4n) is 0.839. The number of phenols is 1. The van der Waals surface area contributed by atoms with Crippen molar-refractivity contribution in [2.45, 2.75) is 6.42 Å². The molecule has 1 N–H and O–H groups in total. The molecule has 0 saturated carbocycles. The standard InChI is InChI=1S/C9H10O.Ca.H2S.2H/c1-2-5-8-6-3-4-7-9(8)10;;;;/h2-4,6-7,10H,1,5H2;;1H2;;. The molecule has 0 aliphatic heterocycles. The number of allylic oxidation sites excluding steroid dienone is 1. The van der Waals surface area contributed by atoms with Gasteiger partial charge in [-0.3, -0.25) is 0 Å². The Hall–Kier alpha value is 0.370. The maximum absolute atomic E-state index is 9.19. The molecule has 3 heteroatoms. The molecule has 0 heterocycles. The number of hydrogen-bond acceptors (Lipinski definition) is 1.